The van der Waals surface area contributed by atoms with Crippen LogP contribution in [0.5, 0.6) is 0 Å². The number of nitrogens with two attached hydrogens (primary N) is 2. The number of benzene rings is 1. The predicted octanol–water partition coefficient (Wildman–Crippen LogP) is -0.528. The van der Waals surface area contributed by atoms with Crippen LogP contribution in [-0.4, -0.2) is 45.9 Å². The molecule has 1 aromatic carbocycles. The van der Waals surface area contributed by atoms with Crippen molar-refractivity contribution in [2.75, 3.05) is 0 Å². The summed E-state index contributed by atoms with van der Waals surface area (Å²) in [5, 5.41) is 11.5. The molecule has 0 aliphatic heterocycles. The summed E-state index contributed by atoms with van der Waals surface area (Å²) in [5.74, 6) is 1.63. The lowest BCUT2D eigenvalue weighted by molar-refractivity contribution is -0.140. The molecule has 0 fully saturated rings. The van der Waals surface area contributed by atoms with Crippen LogP contribution in [0.15, 0.2) is 30.3 Å². The Morgan fingerprint density at radius 2 is 1.72 bits per heavy atom. The largest absolute Gasteiger partial charge is 0.481 e. The summed E-state index contributed by atoms with van der Waals surface area (Å²) in [6.45, 7) is 3.29. The molecule has 1 rings (SSSR count). The highest BCUT2D eigenvalue weighted by molar-refractivity contribution is 6.06. The molecule has 0 radical (unpaired) electrons. The van der Waals surface area contributed by atoms with Gasteiger partial charge in [0.15, 0.2) is 0 Å². The van der Waals surface area contributed by atoms with Crippen LogP contribution in [0.25, 0.3) is 0 Å². The zero-order valence-electron chi connectivity index (χ0n) is 14.0. The van der Waals surface area contributed by atoms with Crippen molar-refractivity contribution in [2.45, 2.75) is 32.4 Å². The lowest BCUT2D eigenvalue weighted by atomic mass is 10.0. The second-order valence-electron chi connectivity index (χ2n) is 5.81. The van der Waals surface area contributed by atoms with E-state index in [0.29, 0.717) is 5.01 Å². The van der Waals surface area contributed by atoms with Crippen LogP contribution in [0, 0.1) is 5.92 Å². The van der Waals surface area contributed by atoms with Gasteiger partial charge in [0.1, 0.15) is 6.04 Å². The Bertz CT molecular complexity index is 647. The van der Waals surface area contributed by atoms with E-state index >= 15 is 0 Å². The van der Waals surface area contributed by atoms with Gasteiger partial charge in [0.2, 0.25) is 5.91 Å². The van der Waals surface area contributed by atoms with Crippen LogP contribution in [0.2, 0.25) is 0 Å². The van der Waals surface area contributed by atoms with E-state index in [1.165, 1.54) is 12.1 Å². The fourth-order valence-corrected chi connectivity index (χ4v) is 2.02. The highest BCUT2D eigenvalue weighted by Crippen LogP contribution is 2.09. The van der Waals surface area contributed by atoms with E-state index in [0.717, 1.165) is 0 Å². The summed E-state index contributed by atoms with van der Waals surface area (Å²) >= 11 is 0. The number of amides is 3. The lowest BCUT2D eigenvalue weighted by Crippen LogP contribution is -2.57. The Labute approximate surface area is 144 Å². The molecule has 9 heteroatoms. The third-order valence-corrected chi connectivity index (χ3v) is 3.44. The summed E-state index contributed by atoms with van der Waals surface area (Å²) < 4.78 is 0. The predicted molar refractivity (Wildman–Crippen MR) is 88.8 cm³/mol. The molecule has 0 saturated heterocycles. The summed E-state index contributed by atoms with van der Waals surface area (Å²) in [5.41, 5.74) is 5.70. The lowest BCUT2D eigenvalue weighted by Gasteiger charge is -2.26. The molecule has 0 aliphatic carbocycles. The molecule has 0 spiro atoms. The fourth-order valence-electron chi connectivity index (χ4n) is 2.02. The maximum absolute atomic E-state index is 12.5. The van der Waals surface area contributed by atoms with Gasteiger partial charge in [-0.1, -0.05) is 32.0 Å². The van der Waals surface area contributed by atoms with Crippen LogP contribution < -0.4 is 16.9 Å². The molecule has 0 aliphatic rings. The molecule has 2 atom stereocenters. The number of hydrazine groups is 1. The average Bonchev–Trinajstić information content (AvgIpc) is 2.57. The van der Waals surface area contributed by atoms with Gasteiger partial charge in [-0.3, -0.25) is 19.2 Å². The molecule has 25 heavy (non-hydrogen) atoms. The highest BCUT2D eigenvalue weighted by atomic mass is 16.4. The molecule has 3 amide bonds. The first-order valence-electron chi connectivity index (χ1n) is 7.61. The van der Waals surface area contributed by atoms with Gasteiger partial charge in [-0.25, -0.2) is 10.9 Å². The number of carbonyl (C=O) groups excluding carboxylic acids is 3. The molecule has 0 aromatic heterocycles. The summed E-state index contributed by atoms with van der Waals surface area (Å²) in [6, 6.07) is 5.52. The Balaban J connectivity index is 2.87. The molecular weight excluding hydrogens is 328 g/mol. The zero-order chi connectivity index (χ0) is 19.1. The Morgan fingerprint density at radius 3 is 2.20 bits per heavy atom. The molecule has 136 valence electrons. The third kappa shape index (κ3) is 5.66. The molecule has 0 bridgehead atoms. The third-order valence-electron chi connectivity index (χ3n) is 3.44. The first kappa shape index (κ1) is 20.3. The quantitative estimate of drug-likeness (QED) is 0.292. The van der Waals surface area contributed by atoms with Crippen molar-refractivity contribution < 1.29 is 24.3 Å². The number of carbonyl (C=O) groups is 4. The molecule has 1 aromatic rings. The average molecular weight is 350 g/mol. The van der Waals surface area contributed by atoms with E-state index in [4.69, 9.17) is 16.7 Å². The van der Waals surface area contributed by atoms with Crippen molar-refractivity contribution in [3.8, 4) is 0 Å². The normalized spacial score (nSPS) is 13.0. The fraction of sp³-hybridized carbons (Fsp3) is 0.375. The minimum absolute atomic E-state index is 0.217. The van der Waals surface area contributed by atoms with Crippen LogP contribution in [0.3, 0.4) is 0 Å². The zero-order valence-corrected chi connectivity index (χ0v) is 14.0. The molecule has 0 saturated carbocycles. The molecule has 6 N–H and O–H groups in total. The van der Waals surface area contributed by atoms with Gasteiger partial charge in [-0.15, -0.1) is 0 Å². The van der Waals surface area contributed by atoms with Crippen molar-refractivity contribution in [3.63, 3.8) is 0 Å². The van der Waals surface area contributed by atoms with E-state index < -0.39 is 48.1 Å². The molecule has 9 nitrogen and oxygen atoms in total. The van der Waals surface area contributed by atoms with E-state index in [1.807, 2.05) is 0 Å². The number of carboxylic acid groups (broad SMARTS) is 1. The maximum Gasteiger partial charge on any atom is 0.305 e. The minimum atomic E-state index is -1.32. The second-order valence-corrected chi connectivity index (χ2v) is 5.81. The van der Waals surface area contributed by atoms with E-state index in [1.54, 1.807) is 32.0 Å². The van der Waals surface area contributed by atoms with Gasteiger partial charge in [-0.05, 0) is 18.1 Å². The number of rotatable bonds is 7. The molecule has 0 heterocycles. The topological polar surface area (TPSA) is 156 Å². The van der Waals surface area contributed by atoms with Crippen molar-refractivity contribution in [1.29, 1.82) is 0 Å². The first-order valence-corrected chi connectivity index (χ1v) is 7.61. The van der Waals surface area contributed by atoms with E-state index in [-0.39, 0.29) is 5.56 Å². The number of imide groups is 1. The van der Waals surface area contributed by atoms with Crippen LogP contribution in [-0.2, 0) is 14.4 Å². The van der Waals surface area contributed by atoms with Crippen LogP contribution >= 0.6 is 0 Å². The van der Waals surface area contributed by atoms with E-state index in [2.05, 4.69) is 5.32 Å². The standard InChI is InChI=1S/C16H22N4O5/c1-9(2)13(19-14(23)11(17)8-12(21)22)16(25)20(18)15(24)10-6-4-3-5-7-10/h3-7,9,11,13H,8,17-18H2,1-2H3,(H,19,23)(H,21,22)/t11-,13-/m0/s1. The number of aliphatic carboxylic acids is 1. The van der Waals surface area contributed by atoms with Gasteiger partial charge in [0.25, 0.3) is 11.8 Å². The summed E-state index contributed by atoms with van der Waals surface area (Å²) in [6.07, 6.45) is -0.583. The Hall–Kier alpha value is -2.78. The van der Waals surface area contributed by atoms with Crippen LogP contribution in [0.4, 0.5) is 0 Å². The second kappa shape index (κ2) is 8.90. The Kier molecular flexibility index (Phi) is 7.22. The number of nitrogens with one attached hydrogen (secondary N) is 1. The van der Waals surface area contributed by atoms with Gasteiger partial charge < -0.3 is 16.2 Å². The number of nitrogens with zero attached hydrogens (tertiary/aromatic N) is 1. The van der Waals surface area contributed by atoms with Crippen molar-refractivity contribution in [2.24, 2.45) is 17.5 Å². The number of hydrogen-bond acceptors (Lipinski definition) is 6. The SMILES string of the molecule is CC(C)[C@H](NC(=O)[C@@H](N)CC(=O)O)C(=O)N(N)C(=O)c1ccccc1. The summed E-state index contributed by atoms with van der Waals surface area (Å²) in [7, 11) is 0. The number of carboxylic acids is 1. The van der Waals surface area contributed by atoms with Gasteiger partial charge in [0, 0.05) is 5.56 Å². The molecular formula is C16H22N4O5. The van der Waals surface area contributed by atoms with Crippen molar-refractivity contribution >= 4 is 23.7 Å². The van der Waals surface area contributed by atoms with Gasteiger partial charge >= 0.3 is 5.97 Å². The summed E-state index contributed by atoms with van der Waals surface area (Å²) in [4.78, 5) is 47.3. The first-order chi connectivity index (χ1) is 11.6. The van der Waals surface area contributed by atoms with E-state index in [9.17, 15) is 19.2 Å². The maximum atomic E-state index is 12.5. The molecule has 0 unspecified atom stereocenters. The minimum Gasteiger partial charge on any atom is -0.481 e. The Morgan fingerprint density at radius 1 is 1.16 bits per heavy atom. The smallest absolute Gasteiger partial charge is 0.305 e. The number of hydrogen-bond donors (Lipinski definition) is 4. The van der Waals surface area contributed by atoms with Gasteiger partial charge in [0.05, 0.1) is 12.5 Å². The van der Waals surface area contributed by atoms with Crippen molar-refractivity contribution in [3.05, 3.63) is 35.9 Å². The van der Waals surface area contributed by atoms with Gasteiger partial charge in [-0.2, -0.15) is 0 Å². The monoisotopic (exact) mass is 350 g/mol. The highest BCUT2D eigenvalue weighted by Gasteiger charge is 2.32. The van der Waals surface area contributed by atoms with Crippen LogP contribution in [0.1, 0.15) is 30.6 Å². The van der Waals surface area contributed by atoms with Crippen molar-refractivity contribution in [1.82, 2.24) is 10.3 Å².